The molecule has 0 spiro atoms. The molecule has 162 valence electrons. The van der Waals surface area contributed by atoms with Crippen LogP contribution in [0.25, 0.3) is 11.2 Å². The molecule has 0 unspecified atom stereocenters. The molecule has 0 bridgehead atoms. The minimum atomic E-state index is -0.197. The average molecular weight is 406 g/mol. The minimum absolute atomic E-state index is 0.197. The van der Waals surface area contributed by atoms with E-state index in [-0.39, 0.29) is 17.5 Å². The number of H-pyrrole nitrogens is 1. The van der Waals surface area contributed by atoms with Crippen molar-refractivity contribution in [3.05, 3.63) is 10.5 Å². The summed E-state index contributed by atoms with van der Waals surface area (Å²) in [6, 6.07) is 0.857. The number of unbranched alkanes of at least 4 members (excludes halogenated alkanes) is 2. The SMILES string of the molecule is CCCCOc1nc(N)c2[nH]c(=O)n(CCCCN3CCN(C(C)C)CC3)c2n1. The van der Waals surface area contributed by atoms with Crippen molar-refractivity contribution >= 4 is 17.0 Å². The Morgan fingerprint density at radius 2 is 1.83 bits per heavy atom. The molecule has 2 aromatic heterocycles. The van der Waals surface area contributed by atoms with Crippen LogP contribution in [-0.4, -0.2) is 74.7 Å². The van der Waals surface area contributed by atoms with Crippen molar-refractivity contribution in [1.29, 1.82) is 0 Å². The zero-order chi connectivity index (χ0) is 20.8. The molecule has 29 heavy (non-hydrogen) atoms. The fourth-order valence-electron chi connectivity index (χ4n) is 3.72. The highest BCUT2D eigenvalue weighted by atomic mass is 16.5. The number of ether oxygens (including phenoxy) is 1. The monoisotopic (exact) mass is 405 g/mol. The van der Waals surface area contributed by atoms with Gasteiger partial charge in [0.2, 0.25) is 0 Å². The summed E-state index contributed by atoms with van der Waals surface area (Å²) in [5.41, 5.74) is 6.82. The van der Waals surface area contributed by atoms with Crippen LogP contribution in [0.3, 0.4) is 0 Å². The molecular weight excluding hydrogens is 370 g/mol. The molecule has 9 heteroatoms. The van der Waals surface area contributed by atoms with E-state index in [0.29, 0.717) is 30.4 Å². The summed E-state index contributed by atoms with van der Waals surface area (Å²) in [7, 11) is 0. The fourth-order valence-corrected chi connectivity index (χ4v) is 3.72. The second-order valence-electron chi connectivity index (χ2n) is 8.05. The maximum absolute atomic E-state index is 12.4. The first-order valence-electron chi connectivity index (χ1n) is 10.8. The van der Waals surface area contributed by atoms with E-state index in [1.807, 2.05) is 0 Å². The first kappa shape index (κ1) is 21.6. The van der Waals surface area contributed by atoms with Crippen LogP contribution in [0.2, 0.25) is 0 Å². The second kappa shape index (κ2) is 10.1. The number of anilines is 1. The summed E-state index contributed by atoms with van der Waals surface area (Å²) < 4.78 is 7.24. The maximum Gasteiger partial charge on any atom is 0.327 e. The van der Waals surface area contributed by atoms with Gasteiger partial charge in [-0.3, -0.25) is 9.47 Å². The predicted octanol–water partition coefficient (Wildman–Crippen LogP) is 1.69. The van der Waals surface area contributed by atoms with Crippen LogP contribution in [0.5, 0.6) is 6.01 Å². The Balaban J connectivity index is 1.55. The molecule has 0 radical (unpaired) electrons. The van der Waals surface area contributed by atoms with Crippen molar-refractivity contribution in [2.75, 3.05) is 45.1 Å². The molecule has 1 saturated heterocycles. The number of hydrogen-bond acceptors (Lipinski definition) is 7. The van der Waals surface area contributed by atoms with Gasteiger partial charge in [0.05, 0.1) is 6.61 Å². The summed E-state index contributed by atoms with van der Waals surface area (Å²) in [5.74, 6) is 0.250. The Labute approximate surface area is 172 Å². The van der Waals surface area contributed by atoms with E-state index in [4.69, 9.17) is 10.5 Å². The highest BCUT2D eigenvalue weighted by Crippen LogP contribution is 2.18. The van der Waals surface area contributed by atoms with Gasteiger partial charge in [-0.05, 0) is 39.7 Å². The number of imidazole rings is 1. The van der Waals surface area contributed by atoms with Gasteiger partial charge in [-0.2, -0.15) is 9.97 Å². The highest BCUT2D eigenvalue weighted by Gasteiger charge is 2.18. The van der Waals surface area contributed by atoms with Gasteiger partial charge in [-0.25, -0.2) is 4.79 Å². The van der Waals surface area contributed by atoms with Gasteiger partial charge in [-0.1, -0.05) is 13.3 Å². The van der Waals surface area contributed by atoms with Crippen LogP contribution in [0, 0.1) is 0 Å². The summed E-state index contributed by atoms with van der Waals surface area (Å²) in [6.07, 6.45) is 3.90. The lowest BCUT2D eigenvalue weighted by Crippen LogP contribution is -2.48. The normalized spacial score (nSPS) is 16.1. The van der Waals surface area contributed by atoms with Crippen LogP contribution >= 0.6 is 0 Å². The average Bonchev–Trinajstić information content (AvgIpc) is 3.02. The molecular formula is C20H35N7O2. The van der Waals surface area contributed by atoms with Gasteiger partial charge in [-0.15, -0.1) is 0 Å². The van der Waals surface area contributed by atoms with E-state index in [1.54, 1.807) is 4.57 Å². The van der Waals surface area contributed by atoms with Crippen LogP contribution in [0.15, 0.2) is 4.79 Å². The molecule has 3 N–H and O–H groups in total. The van der Waals surface area contributed by atoms with Crippen molar-refractivity contribution in [3.63, 3.8) is 0 Å². The van der Waals surface area contributed by atoms with Gasteiger partial charge in [0, 0.05) is 38.8 Å². The number of aryl methyl sites for hydroxylation is 1. The number of nitrogens with one attached hydrogen (secondary N) is 1. The van der Waals surface area contributed by atoms with Crippen molar-refractivity contribution in [1.82, 2.24) is 29.3 Å². The van der Waals surface area contributed by atoms with Crippen LogP contribution in [0.1, 0.15) is 46.5 Å². The third-order valence-electron chi connectivity index (χ3n) is 5.60. The molecule has 0 atom stereocenters. The molecule has 1 fully saturated rings. The predicted molar refractivity (Wildman–Crippen MR) is 115 cm³/mol. The number of aromatic nitrogens is 4. The third-order valence-corrected chi connectivity index (χ3v) is 5.60. The van der Waals surface area contributed by atoms with Crippen LogP contribution < -0.4 is 16.2 Å². The van der Waals surface area contributed by atoms with Crippen molar-refractivity contribution in [2.45, 2.75) is 59.0 Å². The van der Waals surface area contributed by atoms with Crippen molar-refractivity contribution in [2.24, 2.45) is 0 Å². The first-order chi connectivity index (χ1) is 14.0. The summed E-state index contributed by atoms with van der Waals surface area (Å²) in [5, 5.41) is 0. The molecule has 0 aliphatic carbocycles. The molecule has 1 aliphatic rings. The summed E-state index contributed by atoms with van der Waals surface area (Å²) in [6.45, 7) is 13.3. The number of nitrogen functional groups attached to an aromatic ring is 1. The van der Waals surface area contributed by atoms with E-state index in [1.165, 1.54) is 0 Å². The standard InChI is InChI=1S/C20H35N7O2/c1-4-5-14-29-19-23-17(21)16-18(24-19)27(20(28)22-16)9-7-6-8-25-10-12-26(13-11-25)15(2)3/h15H,4-14H2,1-3H3,(H,22,28)(H2,21,23,24). The van der Waals surface area contributed by atoms with Crippen molar-refractivity contribution in [3.8, 4) is 6.01 Å². The lowest BCUT2D eigenvalue weighted by molar-refractivity contribution is 0.107. The van der Waals surface area contributed by atoms with Crippen LogP contribution in [0.4, 0.5) is 5.82 Å². The molecule has 1 aliphatic heterocycles. The molecule has 3 heterocycles. The lowest BCUT2D eigenvalue weighted by Gasteiger charge is -2.36. The van der Waals surface area contributed by atoms with E-state index >= 15 is 0 Å². The fraction of sp³-hybridized carbons (Fsp3) is 0.750. The topological polar surface area (TPSA) is 105 Å². The Bertz CT molecular complexity index is 837. The number of nitrogens with two attached hydrogens (primary N) is 1. The Morgan fingerprint density at radius 3 is 2.52 bits per heavy atom. The summed E-state index contributed by atoms with van der Waals surface area (Å²) >= 11 is 0. The quantitative estimate of drug-likeness (QED) is 0.580. The van der Waals surface area contributed by atoms with E-state index in [9.17, 15) is 4.79 Å². The molecule has 3 rings (SSSR count). The zero-order valence-electron chi connectivity index (χ0n) is 18.0. The number of hydrogen-bond donors (Lipinski definition) is 2. The van der Waals surface area contributed by atoms with Gasteiger partial charge in [0.25, 0.3) is 0 Å². The van der Waals surface area contributed by atoms with E-state index in [0.717, 1.165) is 58.4 Å². The van der Waals surface area contributed by atoms with Gasteiger partial charge < -0.3 is 20.4 Å². The number of rotatable bonds is 10. The van der Waals surface area contributed by atoms with E-state index < -0.39 is 0 Å². The first-order valence-corrected chi connectivity index (χ1v) is 10.8. The van der Waals surface area contributed by atoms with Crippen molar-refractivity contribution < 1.29 is 4.74 Å². The molecule has 0 aromatic carbocycles. The van der Waals surface area contributed by atoms with Crippen LogP contribution in [-0.2, 0) is 6.54 Å². The van der Waals surface area contributed by atoms with Gasteiger partial charge in [0.1, 0.15) is 5.52 Å². The van der Waals surface area contributed by atoms with Gasteiger partial charge in [0.15, 0.2) is 11.5 Å². The van der Waals surface area contributed by atoms with Gasteiger partial charge >= 0.3 is 11.7 Å². The number of nitrogens with zero attached hydrogens (tertiary/aromatic N) is 5. The number of aromatic amines is 1. The second-order valence-corrected chi connectivity index (χ2v) is 8.05. The largest absolute Gasteiger partial charge is 0.463 e. The molecule has 0 saturated carbocycles. The number of fused-ring (bicyclic) bond motifs is 1. The lowest BCUT2D eigenvalue weighted by atomic mass is 10.2. The minimum Gasteiger partial charge on any atom is -0.463 e. The molecule has 2 aromatic rings. The summed E-state index contributed by atoms with van der Waals surface area (Å²) in [4.78, 5) is 28.8. The Hall–Kier alpha value is -2.13. The number of piperazine rings is 1. The molecule has 0 amide bonds. The molecule has 9 nitrogen and oxygen atoms in total. The van der Waals surface area contributed by atoms with E-state index in [2.05, 4.69) is 45.5 Å². The smallest absolute Gasteiger partial charge is 0.327 e. The highest BCUT2D eigenvalue weighted by molar-refractivity contribution is 5.81. The Kier molecular flexibility index (Phi) is 7.49. The Morgan fingerprint density at radius 1 is 1.10 bits per heavy atom. The zero-order valence-corrected chi connectivity index (χ0v) is 18.0. The third kappa shape index (κ3) is 5.48. The maximum atomic E-state index is 12.4.